The Morgan fingerprint density at radius 3 is 2.32 bits per heavy atom. The highest BCUT2D eigenvalue weighted by Crippen LogP contribution is 2.18. The molecule has 0 radical (unpaired) electrons. The van der Waals surface area contributed by atoms with Gasteiger partial charge in [0.15, 0.2) is 0 Å². The summed E-state index contributed by atoms with van der Waals surface area (Å²) in [6.07, 6.45) is 3.84. The van der Waals surface area contributed by atoms with Crippen LogP contribution in [-0.4, -0.2) is 35.8 Å². The van der Waals surface area contributed by atoms with Crippen LogP contribution >= 0.6 is 23.2 Å². The van der Waals surface area contributed by atoms with E-state index in [0.717, 1.165) is 25.7 Å². The zero-order chi connectivity index (χ0) is 13.9. The van der Waals surface area contributed by atoms with Crippen LogP contribution in [0.3, 0.4) is 0 Å². The first kappa shape index (κ1) is 14.8. The van der Waals surface area contributed by atoms with E-state index in [2.05, 4.69) is 14.7 Å². The van der Waals surface area contributed by atoms with Crippen LogP contribution in [0, 0.1) is 0 Å². The smallest absolute Gasteiger partial charge is 0.254 e. The lowest BCUT2D eigenvalue weighted by Gasteiger charge is -2.20. The molecule has 9 heteroatoms. The third-order valence-electron chi connectivity index (χ3n) is 2.81. The number of aromatic nitrogens is 2. The molecule has 1 aromatic rings. The van der Waals surface area contributed by atoms with Gasteiger partial charge in [-0.3, -0.25) is 4.72 Å². The van der Waals surface area contributed by atoms with Crippen molar-refractivity contribution in [2.45, 2.75) is 25.7 Å². The summed E-state index contributed by atoms with van der Waals surface area (Å²) in [5.41, 5.74) is 0. The Morgan fingerprint density at radius 2 is 1.74 bits per heavy atom. The fourth-order valence-electron chi connectivity index (χ4n) is 1.92. The third kappa shape index (κ3) is 4.17. The first-order valence-electron chi connectivity index (χ1n) is 5.95. The van der Waals surface area contributed by atoms with E-state index in [0.29, 0.717) is 13.1 Å². The summed E-state index contributed by atoms with van der Waals surface area (Å²) in [5.74, 6) is 0.0780. The summed E-state index contributed by atoms with van der Waals surface area (Å²) in [5, 5.41) is -0.00497. The molecule has 1 fully saturated rings. The van der Waals surface area contributed by atoms with E-state index in [4.69, 9.17) is 23.2 Å². The van der Waals surface area contributed by atoms with Gasteiger partial charge in [0.05, 0.1) is 0 Å². The second-order valence-corrected chi connectivity index (χ2v) is 6.66. The van der Waals surface area contributed by atoms with Crippen LogP contribution in [0.5, 0.6) is 0 Å². The van der Waals surface area contributed by atoms with Gasteiger partial charge in [0.2, 0.25) is 5.28 Å². The van der Waals surface area contributed by atoms with Crippen molar-refractivity contribution in [3.63, 3.8) is 0 Å². The van der Waals surface area contributed by atoms with E-state index in [9.17, 15) is 8.42 Å². The molecule has 0 unspecified atom stereocenters. The lowest BCUT2D eigenvalue weighted by Crippen LogP contribution is -2.36. The van der Waals surface area contributed by atoms with Crippen molar-refractivity contribution < 1.29 is 8.42 Å². The molecule has 0 aromatic carbocycles. The zero-order valence-electron chi connectivity index (χ0n) is 10.1. The Bertz CT molecular complexity index is 524. The molecule has 2 heterocycles. The molecule has 0 spiro atoms. The predicted molar refractivity (Wildman–Crippen MR) is 74.6 cm³/mol. The van der Waals surface area contributed by atoms with E-state index in [1.54, 1.807) is 0 Å². The molecule has 6 nitrogen and oxygen atoms in total. The number of anilines is 1. The first-order valence-corrected chi connectivity index (χ1v) is 8.15. The molecule has 1 N–H and O–H groups in total. The van der Waals surface area contributed by atoms with Crippen LogP contribution in [0.25, 0.3) is 0 Å². The molecule has 1 aliphatic heterocycles. The van der Waals surface area contributed by atoms with E-state index in [1.165, 1.54) is 10.4 Å². The molecule has 0 amide bonds. The molecular weight excluding hydrogens is 311 g/mol. The lowest BCUT2D eigenvalue weighted by molar-refractivity contribution is 0.427. The molecule has 0 saturated carbocycles. The first-order chi connectivity index (χ1) is 8.97. The quantitative estimate of drug-likeness (QED) is 0.683. The van der Waals surface area contributed by atoms with Crippen molar-refractivity contribution in [1.29, 1.82) is 0 Å². The van der Waals surface area contributed by atoms with Gasteiger partial charge in [0.25, 0.3) is 0 Å². The van der Waals surface area contributed by atoms with Crippen molar-refractivity contribution in [2.75, 3.05) is 17.8 Å². The van der Waals surface area contributed by atoms with Crippen molar-refractivity contribution >= 4 is 39.2 Å². The van der Waals surface area contributed by atoms with E-state index in [-0.39, 0.29) is 16.3 Å². The number of nitrogens with one attached hydrogen (secondary N) is 1. The Kier molecular flexibility index (Phi) is 4.83. The maximum atomic E-state index is 12.2. The van der Waals surface area contributed by atoms with Crippen LogP contribution < -0.4 is 4.72 Å². The maximum Gasteiger partial charge on any atom is 0.302 e. The van der Waals surface area contributed by atoms with Gasteiger partial charge in [-0.2, -0.15) is 17.7 Å². The minimum atomic E-state index is -3.62. The molecule has 1 saturated heterocycles. The standard InChI is InChI=1S/C10H14Cl2N4O2S/c11-8-7-9(14-10(12)13-8)15-19(17,18)16-5-3-1-2-4-6-16/h7H,1-6H2,(H,13,14,15). The number of hydrogen-bond donors (Lipinski definition) is 1. The highest BCUT2D eigenvalue weighted by Gasteiger charge is 2.23. The van der Waals surface area contributed by atoms with Gasteiger partial charge < -0.3 is 0 Å². The van der Waals surface area contributed by atoms with E-state index >= 15 is 0 Å². The molecule has 19 heavy (non-hydrogen) atoms. The molecular formula is C10H14Cl2N4O2S. The van der Waals surface area contributed by atoms with Gasteiger partial charge in [-0.15, -0.1) is 0 Å². The van der Waals surface area contributed by atoms with Crippen LogP contribution in [0.2, 0.25) is 10.4 Å². The topological polar surface area (TPSA) is 75.2 Å². The maximum absolute atomic E-state index is 12.2. The van der Waals surface area contributed by atoms with Gasteiger partial charge in [-0.1, -0.05) is 24.4 Å². The summed E-state index contributed by atoms with van der Waals surface area (Å²) < 4.78 is 28.2. The van der Waals surface area contributed by atoms with Gasteiger partial charge in [0, 0.05) is 19.2 Å². The third-order valence-corrected chi connectivity index (χ3v) is 4.68. The second-order valence-electron chi connectivity index (χ2n) is 4.27. The van der Waals surface area contributed by atoms with Gasteiger partial charge in [0.1, 0.15) is 11.0 Å². The fraction of sp³-hybridized carbons (Fsp3) is 0.600. The van der Waals surface area contributed by atoms with Crippen molar-refractivity contribution in [1.82, 2.24) is 14.3 Å². The number of halogens is 2. The lowest BCUT2D eigenvalue weighted by atomic mass is 10.2. The predicted octanol–water partition coefficient (Wildman–Crippen LogP) is 2.32. The SMILES string of the molecule is O=S(=O)(Nc1cc(Cl)nc(Cl)n1)N1CCCCCC1. The van der Waals surface area contributed by atoms with Crippen molar-refractivity contribution in [2.24, 2.45) is 0 Å². The molecule has 1 aromatic heterocycles. The Balaban J connectivity index is 2.15. The molecule has 106 valence electrons. The summed E-state index contributed by atoms with van der Waals surface area (Å²) >= 11 is 11.3. The molecule has 2 rings (SSSR count). The monoisotopic (exact) mass is 324 g/mol. The van der Waals surface area contributed by atoms with Crippen LogP contribution in [-0.2, 0) is 10.2 Å². The van der Waals surface area contributed by atoms with Crippen molar-refractivity contribution in [3.05, 3.63) is 16.5 Å². The number of hydrogen-bond acceptors (Lipinski definition) is 4. The summed E-state index contributed by atoms with van der Waals surface area (Å²) in [6.45, 7) is 1.03. The minimum absolute atomic E-state index is 0.0780. The summed E-state index contributed by atoms with van der Waals surface area (Å²) in [6, 6.07) is 1.32. The zero-order valence-corrected chi connectivity index (χ0v) is 12.5. The molecule has 0 aliphatic carbocycles. The average Bonchev–Trinajstić information content (AvgIpc) is 2.55. The molecule has 1 aliphatic rings. The normalized spacial score (nSPS) is 18.0. The summed E-state index contributed by atoms with van der Waals surface area (Å²) in [4.78, 5) is 7.45. The fourth-order valence-corrected chi connectivity index (χ4v) is 3.57. The van der Waals surface area contributed by atoms with Crippen LogP contribution in [0.1, 0.15) is 25.7 Å². The van der Waals surface area contributed by atoms with Gasteiger partial charge in [-0.05, 0) is 24.4 Å². The largest absolute Gasteiger partial charge is 0.302 e. The van der Waals surface area contributed by atoms with Crippen LogP contribution in [0.4, 0.5) is 5.82 Å². The van der Waals surface area contributed by atoms with Gasteiger partial charge in [-0.25, -0.2) is 4.98 Å². The van der Waals surface area contributed by atoms with Gasteiger partial charge >= 0.3 is 10.2 Å². The summed E-state index contributed by atoms with van der Waals surface area (Å²) in [7, 11) is -3.62. The van der Waals surface area contributed by atoms with Crippen LogP contribution in [0.15, 0.2) is 6.07 Å². The highest BCUT2D eigenvalue weighted by atomic mass is 35.5. The Labute approximate surface area is 122 Å². The Morgan fingerprint density at radius 1 is 1.11 bits per heavy atom. The number of rotatable bonds is 3. The highest BCUT2D eigenvalue weighted by molar-refractivity contribution is 7.90. The minimum Gasteiger partial charge on any atom is -0.254 e. The van der Waals surface area contributed by atoms with E-state index < -0.39 is 10.2 Å². The molecule has 0 atom stereocenters. The average molecular weight is 325 g/mol. The van der Waals surface area contributed by atoms with Crippen molar-refractivity contribution in [3.8, 4) is 0 Å². The number of nitrogens with zero attached hydrogens (tertiary/aromatic N) is 3. The second kappa shape index (κ2) is 6.21. The Hall–Kier alpha value is -0.630. The molecule has 0 bridgehead atoms. The van der Waals surface area contributed by atoms with E-state index in [1.807, 2.05) is 0 Å².